The molecule has 0 aliphatic heterocycles. The zero-order valence-electron chi connectivity index (χ0n) is 8.08. The van der Waals surface area contributed by atoms with Crippen LogP contribution in [0.1, 0.15) is 11.7 Å². The van der Waals surface area contributed by atoms with E-state index in [9.17, 15) is 24.7 Å². The number of hydrogen-bond donors (Lipinski definition) is 3. The number of halogens is 1. The molecule has 1 aromatic carbocycles. The van der Waals surface area contributed by atoms with Crippen molar-refractivity contribution in [3.63, 3.8) is 0 Å². The van der Waals surface area contributed by atoms with E-state index in [1.807, 2.05) is 0 Å². The Balaban J connectivity index is 3.17. The molecule has 0 aliphatic carbocycles. The quantitative estimate of drug-likeness (QED) is 0.422. The standard InChI is InChI=1S/C9H10FNO4S/c10-5-1-2-6(7(3-5)11(14)15)9(13)8(12)4-16/h1-3,8-9,12-13,16H,4H2. The molecule has 0 saturated heterocycles. The van der Waals surface area contributed by atoms with Gasteiger partial charge >= 0.3 is 0 Å². The van der Waals surface area contributed by atoms with Crippen molar-refractivity contribution >= 4 is 18.3 Å². The van der Waals surface area contributed by atoms with E-state index in [0.717, 1.165) is 12.1 Å². The number of nitro benzene ring substituents is 1. The number of benzene rings is 1. The molecule has 2 atom stereocenters. The Morgan fingerprint density at radius 1 is 1.50 bits per heavy atom. The Morgan fingerprint density at radius 2 is 2.12 bits per heavy atom. The van der Waals surface area contributed by atoms with Crippen LogP contribution in [-0.4, -0.2) is 27.0 Å². The summed E-state index contributed by atoms with van der Waals surface area (Å²) in [4.78, 5) is 9.80. The maximum atomic E-state index is 12.8. The number of thiol groups is 1. The van der Waals surface area contributed by atoms with Crippen molar-refractivity contribution < 1.29 is 19.5 Å². The van der Waals surface area contributed by atoms with Crippen LogP contribution in [0.5, 0.6) is 0 Å². The molecule has 0 bridgehead atoms. The maximum absolute atomic E-state index is 12.8. The molecule has 0 aliphatic rings. The van der Waals surface area contributed by atoms with Gasteiger partial charge in [-0.25, -0.2) is 4.39 Å². The largest absolute Gasteiger partial charge is 0.389 e. The second kappa shape index (κ2) is 5.24. The summed E-state index contributed by atoms with van der Waals surface area (Å²) in [5.74, 6) is -0.835. The van der Waals surface area contributed by atoms with E-state index in [4.69, 9.17) is 0 Å². The summed E-state index contributed by atoms with van der Waals surface area (Å²) in [6, 6.07) is 2.76. The molecule has 88 valence electrons. The second-order valence-corrected chi connectivity index (χ2v) is 3.52. The third-order valence-electron chi connectivity index (χ3n) is 2.06. The molecule has 0 aromatic heterocycles. The minimum absolute atomic E-state index is 0.0598. The lowest BCUT2D eigenvalue weighted by Crippen LogP contribution is -2.20. The third kappa shape index (κ3) is 2.69. The first-order chi connectivity index (χ1) is 7.47. The summed E-state index contributed by atoms with van der Waals surface area (Å²) in [6.45, 7) is 0. The van der Waals surface area contributed by atoms with Gasteiger partial charge in [-0.05, 0) is 12.1 Å². The summed E-state index contributed by atoms with van der Waals surface area (Å²) >= 11 is 3.76. The molecule has 0 saturated carbocycles. The molecular weight excluding hydrogens is 237 g/mol. The summed E-state index contributed by atoms with van der Waals surface area (Å²) in [6.07, 6.45) is -2.70. The molecule has 0 amide bonds. The lowest BCUT2D eigenvalue weighted by molar-refractivity contribution is -0.386. The molecule has 0 fully saturated rings. The first-order valence-corrected chi connectivity index (χ1v) is 5.01. The summed E-state index contributed by atoms with van der Waals surface area (Å²) < 4.78 is 12.8. The highest BCUT2D eigenvalue weighted by atomic mass is 32.1. The van der Waals surface area contributed by atoms with E-state index >= 15 is 0 Å². The monoisotopic (exact) mass is 247 g/mol. The Bertz CT molecular complexity index is 401. The molecule has 0 spiro atoms. The van der Waals surface area contributed by atoms with Gasteiger partial charge in [-0.2, -0.15) is 12.6 Å². The molecule has 2 N–H and O–H groups in total. The number of aliphatic hydroxyl groups excluding tert-OH is 2. The van der Waals surface area contributed by atoms with Crippen molar-refractivity contribution in [3.8, 4) is 0 Å². The molecule has 0 heterocycles. The molecule has 5 nitrogen and oxygen atoms in total. The van der Waals surface area contributed by atoms with Crippen LogP contribution >= 0.6 is 12.6 Å². The van der Waals surface area contributed by atoms with Crippen LogP contribution in [0.3, 0.4) is 0 Å². The van der Waals surface area contributed by atoms with Gasteiger partial charge in [0.25, 0.3) is 5.69 Å². The first-order valence-electron chi connectivity index (χ1n) is 4.38. The van der Waals surface area contributed by atoms with Crippen LogP contribution in [-0.2, 0) is 0 Å². The summed E-state index contributed by atoms with van der Waals surface area (Å²) in [7, 11) is 0. The fourth-order valence-corrected chi connectivity index (χ4v) is 1.43. The zero-order valence-corrected chi connectivity index (χ0v) is 8.97. The van der Waals surface area contributed by atoms with Crippen molar-refractivity contribution in [1.29, 1.82) is 0 Å². The third-order valence-corrected chi connectivity index (χ3v) is 2.43. The average Bonchev–Trinajstić information content (AvgIpc) is 2.26. The maximum Gasteiger partial charge on any atom is 0.278 e. The highest BCUT2D eigenvalue weighted by molar-refractivity contribution is 7.80. The fraction of sp³-hybridized carbons (Fsp3) is 0.333. The highest BCUT2D eigenvalue weighted by Gasteiger charge is 2.25. The second-order valence-electron chi connectivity index (χ2n) is 3.16. The van der Waals surface area contributed by atoms with Gasteiger partial charge in [-0.3, -0.25) is 10.1 Å². The van der Waals surface area contributed by atoms with Gasteiger partial charge in [0, 0.05) is 5.75 Å². The van der Waals surface area contributed by atoms with E-state index in [-0.39, 0.29) is 11.3 Å². The lowest BCUT2D eigenvalue weighted by Gasteiger charge is -2.15. The molecule has 7 heteroatoms. The number of aliphatic hydroxyl groups is 2. The highest BCUT2D eigenvalue weighted by Crippen LogP contribution is 2.28. The van der Waals surface area contributed by atoms with Gasteiger partial charge in [0.2, 0.25) is 0 Å². The normalized spacial score (nSPS) is 14.5. The molecular formula is C9H10FNO4S. The predicted octanol–water partition coefficient (Wildman–Crippen LogP) is 1.06. The van der Waals surface area contributed by atoms with Crippen LogP contribution < -0.4 is 0 Å². The van der Waals surface area contributed by atoms with E-state index in [1.54, 1.807) is 0 Å². The predicted molar refractivity (Wildman–Crippen MR) is 57.9 cm³/mol. The minimum atomic E-state index is -1.46. The Labute approximate surface area is 96.1 Å². The lowest BCUT2D eigenvalue weighted by atomic mass is 10.0. The van der Waals surface area contributed by atoms with Crippen molar-refractivity contribution in [2.24, 2.45) is 0 Å². The Hall–Kier alpha value is -1.18. The summed E-state index contributed by atoms with van der Waals surface area (Å²) in [5.41, 5.74) is -0.693. The van der Waals surface area contributed by atoms with Crippen molar-refractivity contribution in [3.05, 3.63) is 39.7 Å². The number of nitrogens with zero attached hydrogens (tertiary/aromatic N) is 1. The molecule has 16 heavy (non-hydrogen) atoms. The van der Waals surface area contributed by atoms with Gasteiger partial charge in [0.1, 0.15) is 11.9 Å². The Morgan fingerprint density at radius 3 is 2.62 bits per heavy atom. The van der Waals surface area contributed by atoms with Crippen LogP contribution in [0.4, 0.5) is 10.1 Å². The zero-order chi connectivity index (χ0) is 12.3. The van der Waals surface area contributed by atoms with E-state index in [2.05, 4.69) is 12.6 Å². The average molecular weight is 247 g/mol. The summed E-state index contributed by atoms with van der Waals surface area (Å²) in [5, 5.41) is 29.5. The topological polar surface area (TPSA) is 83.6 Å². The van der Waals surface area contributed by atoms with Crippen molar-refractivity contribution in [2.75, 3.05) is 5.75 Å². The first kappa shape index (κ1) is 12.9. The Kier molecular flexibility index (Phi) is 4.22. The molecule has 2 unspecified atom stereocenters. The van der Waals surface area contributed by atoms with Gasteiger partial charge in [-0.1, -0.05) is 0 Å². The van der Waals surface area contributed by atoms with E-state index < -0.39 is 28.6 Å². The van der Waals surface area contributed by atoms with Crippen LogP contribution in [0, 0.1) is 15.9 Å². The van der Waals surface area contributed by atoms with Gasteiger partial charge in [0.15, 0.2) is 0 Å². The number of hydrogen-bond acceptors (Lipinski definition) is 5. The van der Waals surface area contributed by atoms with Crippen molar-refractivity contribution in [2.45, 2.75) is 12.2 Å². The number of nitro groups is 1. The number of rotatable bonds is 4. The van der Waals surface area contributed by atoms with Crippen LogP contribution in [0.15, 0.2) is 18.2 Å². The molecule has 0 radical (unpaired) electrons. The minimum Gasteiger partial charge on any atom is -0.389 e. The van der Waals surface area contributed by atoms with Gasteiger partial charge in [-0.15, -0.1) is 0 Å². The van der Waals surface area contributed by atoms with E-state index in [0.29, 0.717) is 6.07 Å². The van der Waals surface area contributed by atoms with Crippen LogP contribution in [0.2, 0.25) is 0 Å². The smallest absolute Gasteiger partial charge is 0.278 e. The van der Waals surface area contributed by atoms with Gasteiger partial charge < -0.3 is 10.2 Å². The van der Waals surface area contributed by atoms with Crippen LogP contribution in [0.25, 0.3) is 0 Å². The SMILES string of the molecule is O=[N+]([O-])c1cc(F)ccc1C(O)C(O)CS. The van der Waals surface area contributed by atoms with Crippen molar-refractivity contribution in [1.82, 2.24) is 0 Å². The molecule has 1 rings (SSSR count). The molecule has 1 aromatic rings. The van der Waals surface area contributed by atoms with E-state index in [1.165, 1.54) is 0 Å². The fourth-order valence-electron chi connectivity index (χ4n) is 1.23. The van der Waals surface area contributed by atoms with Gasteiger partial charge in [0.05, 0.1) is 22.7 Å².